The van der Waals surface area contributed by atoms with E-state index in [1.54, 1.807) is 0 Å². The van der Waals surface area contributed by atoms with E-state index in [1.807, 2.05) is 41.5 Å². The lowest BCUT2D eigenvalue weighted by Gasteiger charge is -2.39. The summed E-state index contributed by atoms with van der Waals surface area (Å²) in [6.45, 7) is 20.0. The number of hydrogen-bond acceptors (Lipinski definition) is 7. The molecular weight excluding hydrogens is 650 g/mol. The highest BCUT2D eigenvalue weighted by molar-refractivity contribution is 7.87. The van der Waals surface area contributed by atoms with Crippen LogP contribution < -0.4 is 21.3 Å². The number of hydrogen-bond donors (Lipinski definition) is 4. The fourth-order valence-corrected chi connectivity index (χ4v) is 8.51. The van der Waals surface area contributed by atoms with Crippen LogP contribution in [0.15, 0.2) is 12.7 Å². The van der Waals surface area contributed by atoms with Gasteiger partial charge in [-0.2, -0.15) is 17.0 Å². The van der Waals surface area contributed by atoms with E-state index in [0.717, 1.165) is 12.8 Å². The van der Waals surface area contributed by atoms with E-state index in [4.69, 9.17) is 0 Å². The number of Topliss-reactive ketones (excluding diaryl/α,β-unsaturated/α-hetero) is 1. The molecule has 49 heavy (non-hydrogen) atoms. The van der Waals surface area contributed by atoms with Gasteiger partial charge in [0.2, 0.25) is 17.6 Å². The minimum Gasteiger partial charge on any atom is -0.346 e. The summed E-state index contributed by atoms with van der Waals surface area (Å²) in [5.74, 6) is -2.27. The second-order valence-corrected chi connectivity index (χ2v) is 19.1. The van der Waals surface area contributed by atoms with E-state index >= 15 is 0 Å². The Morgan fingerprint density at radius 2 is 1.59 bits per heavy atom. The van der Waals surface area contributed by atoms with Gasteiger partial charge in [-0.1, -0.05) is 74.3 Å². The number of amides is 5. The highest BCUT2D eigenvalue weighted by Gasteiger charge is 2.70. The molecular formula is C34H57N7O7S. The maximum absolute atomic E-state index is 14.4. The predicted octanol–water partition coefficient (Wildman–Crippen LogP) is 1.25. The Morgan fingerprint density at radius 3 is 2.10 bits per heavy atom. The smallest absolute Gasteiger partial charge is 0.315 e. The molecule has 5 amide bonds. The van der Waals surface area contributed by atoms with Gasteiger partial charge in [0.15, 0.2) is 0 Å². The van der Waals surface area contributed by atoms with Crippen LogP contribution in [0.4, 0.5) is 4.79 Å². The molecule has 2 aliphatic carbocycles. The molecule has 276 valence electrons. The van der Waals surface area contributed by atoms with Crippen molar-refractivity contribution in [2.24, 2.45) is 34.0 Å². The van der Waals surface area contributed by atoms with Crippen LogP contribution >= 0.6 is 0 Å². The van der Waals surface area contributed by atoms with Gasteiger partial charge in [-0.05, 0) is 40.4 Å². The lowest BCUT2D eigenvalue weighted by atomic mass is 9.85. The van der Waals surface area contributed by atoms with E-state index in [0.29, 0.717) is 26.1 Å². The van der Waals surface area contributed by atoms with Crippen LogP contribution in [-0.2, 0) is 29.4 Å². The largest absolute Gasteiger partial charge is 0.346 e. The maximum Gasteiger partial charge on any atom is 0.315 e. The van der Waals surface area contributed by atoms with Crippen LogP contribution in [0.5, 0.6) is 0 Å². The van der Waals surface area contributed by atoms with Gasteiger partial charge in [0.25, 0.3) is 16.1 Å². The lowest BCUT2D eigenvalue weighted by molar-refractivity contribution is -0.145. The number of rotatable bonds is 13. The van der Waals surface area contributed by atoms with Crippen LogP contribution in [0, 0.1) is 34.0 Å². The number of urea groups is 1. The number of nitrogens with one attached hydrogen (secondary N) is 4. The SMILES string of the molecule is C=CCNC(=O)C(=O)C(CC1CC1)NC(=O)[C@@H]1[C@@H]2[C@H](CN1C(=O)[C@@H](NC(=O)N[C@H](CN1CCN(C)S1(=O)=O)C(C)(C)C)C(C)(C)C)C2(C)C. The van der Waals surface area contributed by atoms with E-state index in [1.165, 1.54) is 26.6 Å². The molecule has 1 unspecified atom stereocenters. The van der Waals surface area contributed by atoms with Crippen molar-refractivity contribution in [1.29, 1.82) is 0 Å². The Hall–Kier alpha value is -3.04. The molecule has 0 bridgehead atoms. The van der Waals surface area contributed by atoms with Crippen molar-refractivity contribution in [2.45, 2.75) is 98.8 Å². The normalized spacial score (nSPS) is 26.6. The van der Waals surface area contributed by atoms with Gasteiger partial charge in [0, 0.05) is 45.8 Å². The quantitative estimate of drug-likeness (QED) is 0.164. The number of likely N-dealkylation sites (N-methyl/N-ethyl adjacent to an activating group) is 1. The van der Waals surface area contributed by atoms with Crippen LogP contribution in [0.25, 0.3) is 0 Å². The Balaban J connectivity index is 1.52. The van der Waals surface area contributed by atoms with Crippen molar-refractivity contribution in [2.75, 3.05) is 39.8 Å². The molecule has 4 fully saturated rings. The van der Waals surface area contributed by atoms with Crippen molar-refractivity contribution in [3.63, 3.8) is 0 Å². The van der Waals surface area contributed by atoms with Crippen LogP contribution in [0.3, 0.4) is 0 Å². The fourth-order valence-electron chi connectivity index (χ4n) is 7.15. The van der Waals surface area contributed by atoms with Crippen molar-refractivity contribution < 1.29 is 32.4 Å². The Labute approximate surface area is 291 Å². The first-order valence-corrected chi connectivity index (χ1v) is 18.7. The monoisotopic (exact) mass is 707 g/mol. The standard InChI is InChI=1S/C34H57N7O7S/c1-11-14-35-29(44)26(42)22(17-20-12-13-20)36-28(43)25-24-21(34(24,8)9)18-41(25)30(45)27(33(5,6)7)38-31(46)37-23(32(2,3)4)19-40-16-15-39(10)49(40,47)48/h11,20-25,27H,1,12-19H2,2-10H3,(H,35,44)(H,36,43)(H2,37,38,46)/t21-,22?,23+,24-,25-,27+/m0/s1. The van der Waals surface area contributed by atoms with Gasteiger partial charge in [0.1, 0.15) is 12.1 Å². The molecule has 2 aliphatic heterocycles. The minimum absolute atomic E-state index is 0.0564. The summed E-state index contributed by atoms with van der Waals surface area (Å²) in [5, 5.41) is 11.1. The molecule has 14 nitrogen and oxygen atoms in total. The predicted molar refractivity (Wildman–Crippen MR) is 185 cm³/mol. The van der Waals surface area contributed by atoms with Crippen molar-refractivity contribution in [1.82, 2.24) is 34.8 Å². The number of ketones is 1. The van der Waals surface area contributed by atoms with Gasteiger partial charge in [-0.15, -0.1) is 6.58 Å². The van der Waals surface area contributed by atoms with Crippen molar-refractivity contribution in [3.05, 3.63) is 12.7 Å². The van der Waals surface area contributed by atoms with Crippen LogP contribution in [0.2, 0.25) is 0 Å². The number of nitrogens with zero attached hydrogens (tertiary/aromatic N) is 3. The molecule has 15 heteroatoms. The summed E-state index contributed by atoms with van der Waals surface area (Å²) >= 11 is 0. The van der Waals surface area contributed by atoms with E-state index < -0.39 is 74.7 Å². The van der Waals surface area contributed by atoms with E-state index in [9.17, 15) is 32.4 Å². The maximum atomic E-state index is 14.4. The summed E-state index contributed by atoms with van der Waals surface area (Å²) in [6.07, 6.45) is 3.65. The first-order chi connectivity index (χ1) is 22.5. The molecule has 0 spiro atoms. The molecule has 0 radical (unpaired) electrons. The van der Waals surface area contributed by atoms with Gasteiger partial charge in [-0.25, -0.2) is 4.79 Å². The Kier molecular flexibility index (Phi) is 11.0. The zero-order valence-corrected chi connectivity index (χ0v) is 31.4. The molecule has 2 heterocycles. The van der Waals surface area contributed by atoms with Crippen LogP contribution in [-0.4, -0.2) is 115 Å². The third kappa shape index (κ3) is 8.47. The first-order valence-electron chi connectivity index (χ1n) is 17.3. The topological polar surface area (TPSA) is 177 Å². The van der Waals surface area contributed by atoms with Gasteiger partial charge >= 0.3 is 6.03 Å². The van der Waals surface area contributed by atoms with Crippen molar-refractivity contribution >= 4 is 39.7 Å². The highest BCUT2D eigenvalue weighted by Crippen LogP contribution is 2.65. The average Bonchev–Trinajstić information content (AvgIpc) is 3.81. The Bertz CT molecular complexity index is 1450. The number of fused-ring (bicyclic) bond motifs is 1. The minimum atomic E-state index is -3.63. The second-order valence-electron chi connectivity index (χ2n) is 17.0. The molecule has 4 rings (SSSR count). The van der Waals surface area contributed by atoms with E-state index in [-0.39, 0.29) is 36.3 Å². The number of carbonyl (C=O) groups excluding carboxylic acids is 5. The highest BCUT2D eigenvalue weighted by atomic mass is 32.2. The first kappa shape index (κ1) is 38.8. The number of piperidine rings is 1. The van der Waals surface area contributed by atoms with Crippen molar-refractivity contribution in [3.8, 4) is 0 Å². The molecule has 0 aromatic heterocycles. The summed E-state index contributed by atoms with van der Waals surface area (Å²) in [6, 6.07) is -4.12. The molecule has 2 saturated carbocycles. The number of carbonyl (C=O) groups is 5. The molecule has 0 aromatic rings. The third-order valence-corrected chi connectivity index (χ3v) is 12.8. The molecule has 0 aromatic carbocycles. The van der Waals surface area contributed by atoms with E-state index in [2.05, 4.69) is 41.7 Å². The fraction of sp³-hybridized carbons (Fsp3) is 0.794. The van der Waals surface area contributed by atoms with Gasteiger partial charge in [-0.3, -0.25) is 19.2 Å². The Morgan fingerprint density at radius 1 is 0.959 bits per heavy atom. The molecule has 6 atom stereocenters. The zero-order valence-electron chi connectivity index (χ0n) is 30.6. The number of likely N-dealkylation sites (tertiary alicyclic amines) is 1. The van der Waals surface area contributed by atoms with Crippen LogP contribution in [0.1, 0.15) is 74.7 Å². The summed E-state index contributed by atoms with van der Waals surface area (Å²) in [5.41, 5.74) is -1.48. The molecule has 2 saturated heterocycles. The lowest BCUT2D eigenvalue weighted by Crippen LogP contribution is -2.62. The summed E-state index contributed by atoms with van der Waals surface area (Å²) < 4.78 is 28.2. The molecule has 4 aliphatic rings. The average molecular weight is 708 g/mol. The second kappa shape index (κ2) is 13.9. The summed E-state index contributed by atoms with van der Waals surface area (Å²) in [7, 11) is -2.11. The molecule has 4 N–H and O–H groups in total. The third-order valence-electron chi connectivity index (χ3n) is 10.8. The van der Waals surface area contributed by atoms with Gasteiger partial charge < -0.3 is 26.2 Å². The summed E-state index contributed by atoms with van der Waals surface area (Å²) in [4.78, 5) is 69.3. The zero-order chi connectivity index (χ0) is 36.9. The van der Waals surface area contributed by atoms with Gasteiger partial charge in [0.05, 0.1) is 6.04 Å².